The van der Waals surface area contributed by atoms with Crippen molar-refractivity contribution in [2.45, 2.75) is 20.5 Å². The van der Waals surface area contributed by atoms with Gasteiger partial charge in [0.2, 0.25) is 5.88 Å². The lowest BCUT2D eigenvalue weighted by Gasteiger charge is -2.10. The molecule has 0 radical (unpaired) electrons. The van der Waals surface area contributed by atoms with Crippen molar-refractivity contribution in [1.29, 1.82) is 0 Å². The van der Waals surface area contributed by atoms with E-state index < -0.39 is 0 Å². The lowest BCUT2D eigenvalue weighted by molar-refractivity contribution is 0.128. The monoisotopic (exact) mass is 273 g/mol. The van der Waals surface area contributed by atoms with Gasteiger partial charge in [0.1, 0.15) is 18.2 Å². The van der Waals surface area contributed by atoms with Crippen LogP contribution in [-0.4, -0.2) is 23.6 Å². The number of hydrogen-bond donors (Lipinski definition) is 1. The highest BCUT2D eigenvalue weighted by molar-refractivity contribution is 5.41. The van der Waals surface area contributed by atoms with E-state index in [-0.39, 0.29) is 0 Å². The predicted octanol–water partition coefficient (Wildman–Crippen LogP) is 3.16. The van der Waals surface area contributed by atoms with Crippen LogP contribution in [0.15, 0.2) is 30.3 Å². The molecule has 1 aromatic carbocycles. The van der Waals surface area contributed by atoms with E-state index in [2.05, 4.69) is 15.3 Å². The van der Waals surface area contributed by atoms with Gasteiger partial charge in [-0.25, -0.2) is 4.98 Å². The van der Waals surface area contributed by atoms with Gasteiger partial charge in [-0.3, -0.25) is 0 Å². The Balaban J connectivity index is 2.24. The quantitative estimate of drug-likeness (QED) is 0.876. The van der Waals surface area contributed by atoms with Crippen LogP contribution in [0.5, 0.6) is 11.6 Å². The molecule has 0 fully saturated rings. The van der Waals surface area contributed by atoms with E-state index in [1.807, 2.05) is 45.2 Å². The standard InChI is InChI=1S/C15H19N3O2/c1-4-19-10-14-17-13(16-3)9-15(18-14)20-12-8-6-5-7-11(12)2/h5-9H,4,10H2,1-3H3,(H,16,17,18). The molecular weight excluding hydrogens is 254 g/mol. The van der Waals surface area contributed by atoms with Crippen LogP contribution in [0.25, 0.3) is 0 Å². The van der Waals surface area contributed by atoms with E-state index in [1.54, 1.807) is 6.07 Å². The number of aromatic nitrogens is 2. The Labute approximate surface area is 119 Å². The third-order valence-corrected chi connectivity index (χ3v) is 2.75. The van der Waals surface area contributed by atoms with Gasteiger partial charge in [-0.1, -0.05) is 18.2 Å². The zero-order valence-corrected chi connectivity index (χ0v) is 12.0. The van der Waals surface area contributed by atoms with E-state index in [9.17, 15) is 0 Å². The molecule has 0 aliphatic carbocycles. The molecule has 0 bridgehead atoms. The number of aryl methyl sites for hydroxylation is 1. The van der Waals surface area contributed by atoms with E-state index in [0.717, 1.165) is 11.3 Å². The smallest absolute Gasteiger partial charge is 0.224 e. The fraction of sp³-hybridized carbons (Fsp3) is 0.333. The van der Waals surface area contributed by atoms with Crippen molar-refractivity contribution in [3.8, 4) is 11.6 Å². The first-order valence-electron chi connectivity index (χ1n) is 6.60. The lowest BCUT2D eigenvalue weighted by atomic mass is 10.2. The Morgan fingerprint density at radius 3 is 2.70 bits per heavy atom. The van der Waals surface area contributed by atoms with Gasteiger partial charge in [0, 0.05) is 19.7 Å². The molecule has 0 saturated carbocycles. The molecule has 2 rings (SSSR count). The molecule has 1 N–H and O–H groups in total. The summed E-state index contributed by atoms with van der Waals surface area (Å²) in [5, 5.41) is 3.00. The Morgan fingerprint density at radius 1 is 1.20 bits per heavy atom. The van der Waals surface area contributed by atoms with Gasteiger partial charge >= 0.3 is 0 Å². The first kappa shape index (κ1) is 14.3. The van der Waals surface area contributed by atoms with Gasteiger partial charge < -0.3 is 14.8 Å². The van der Waals surface area contributed by atoms with Crippen molar-refractivity contribution >= 4 is 5.82 Å². The maximum absolute atomic E-state index is 5.83. The van der Waals surface area contributed by atoms with Gasteiger partial charge in [-0.05, 0) is 25.5 Å². The minimum atomic E-state index is 0.371. The van der Waals surface area contributed by atoms with Crippen LogP contribution in [0.4, 0.5) is 5.82 Å². The maximum Gasteiger partial charge on any atom is 0.224 e. The van der Waals surface area contributed by atoms with Gasteiger partial charge in [-0.15, -0.1) is 0 Å². The summed E-state index contributed by atoms with van der Waals surface area (Å²) in [5.41, 5.74) is 1.06. The van der Waals surface area contributed by atoms with Crippen LogP contribution in [0.3, 0.4) is 0 Å². The van der Waals surface area contributed by atoms with Crippen LogP contribution in [-0.2, 0) is 11.3 Å². The number of ether oxygens (including phenoxy) is 2. The second-order valence-electron chi connectivity index (χ2n) is 4.26. The molecule has 2 aromatic rings. The van der Waals surface area contributed by atoms with Crippen LogP contribution >= 0.6 is 0 Å². The largest absolute Gasteiger partial charge is 0.439 e. The average molecular weight is 273 g/mol. The van der Waals surface area contributed by atoms with Crippen LogP contribution in [0, 0.1) is 6.92 Å². The number of anilines is 1. The molecule has 0 atom stereocenters. The zero-order chi connectivity index (χ0) is 14.4. The molecule has 5 nitrogen and oxygen atoms in total. The second kappa shape index (κ2) is 6.86. The second-order valence-corrected chi connectivity index (χ2v) is 4.26. The van der Waals surface area contributed by atoms with Crippen molar-refractivity contribution in [1.82, 2.24) is 9.97 Å². The van der Waals surface area contributed by atoms with Crippen LogP contribution in [0.1, 0.15) is 18.3 Å². The van der Waals surface area contributed by atoms with Crippen molar-refractivity contribution < 1.29 is 9.47 Å². The van der Waals surface area contributed by atoms with Crippen molar-refractivity contribution in [3.05, 3.63) is 41.7 Å². The molecule has 1 aromatic heterocycles. The average Bonchev–Trinajstić information content (AvgIpc) is 2.47. The summed E-state index contributed by atoms with van der Waals surface area (Å²) in [4.78, 5) is 8.68. The van der Waals surface area contributed by atoms with Gasteiger partial charge in [-0.2, -0.15) is 4.98 Å². The summed E-state index contributed by atoms with van der Waals surface area (Å²) in [6.45, 7) is 4.93. The summed E-state index contributed by atoms with van der Waals surface area (Å²) in [6.07, 6.45) is 0. The number of hydrogen-bond acceptors (Lipinski definition) is 5. The minimum absolute atomic E-state index is 0.371. The Kier molecular flexibility index (Phi) is 4.90. The third kappa shape index (κ3) is 3.68. The number of para-hydroxylation sites is 1. The lowest BCUT2D eigenvalue weighted by Crippen LogP contribution is -2.04. The molecular formula is C15H19N3O2. The Morgan fingerprint density at radius 2 is 2.00 bits per heavy atom. The molecule has 20 heavy (non-hydrogen) atoms. The first-order chi connectivity index (χ1) is 9.72. The van der Waals surface area contributed by atoms with E-state index in [4.69, 9.17) is 9.47 Å². The Bertz CT molecular complexity index is 573. The molecule has 106 valence electrons. The molecule has 0 saturated heterocycles. The maximum atomic E-state index is 5.83. The molecule has 0 aliphatic heterocycles. The minimum Gasteiger partial charge on any atom is -0.439 e. The summed E-state index contributed by atoms with van der Waals surface area (Å²) >= 11 is 0. The predicted molar refractivity (Wildman–Crippen MR) is 78.2 cm³/mol. The van der Waals surface area contributed by atoms with E-state index >= 15 is 0 Å². The van der Waals surface area contributed by atoms with Crippen LogP contribution in [0.2, 0.25) is 0 Å². The van der Waals surface area contributed by atoms with Gasteiger partial charge in [0.15, 0.2) is 5.82 Å². The normalized spacial score (nSPS) is 10.3. The van der Waals surface area contributed by atoms with Crippen molar-refractivity contribution in [3.63, 3.8) is 0 Å². The highest BCUT2D eigenvalue weighted by Gasteiger charge is 2.07. The summed E-state index contributed by atoms with van der Waals surface area (Å²) < 4.78 is 11.2. The van der Waals surface area contributed by atoms with Crippen LogP contribution < -0.4 is 10.1 Å². The number of benzene rings is 1. The number of nitrogens with zero attached hydrogens (tertiary/aromatic N) is 2. The topological polar surface area (TPSA) is 56.3 Å². The van der Waals surface area contributed by atoms with Gasteiger partial charge in [0.25, 0.3) is 0 Å². The third-order valence-electron chi connectivity index (χ3n) is 2.75. The summed E-state index contributed by atoms with van der Waals surface area (Å²) in [5.74, 6) is 2.60. The number of nitrogens with one attached hydrogen (secondary N) is 1. The number of rotatable bonds is 6. The summed E-state index contributed by atoms with van der Waals surface area (Å²) in [7, 11) is 1.81. The SMILES string of the molecule is CCOCc1nc(NC)cc(Oc2ccccc2C)n1. The van der Waals surface area contributed by atoms with E-state index in [1.165, 1.54) is 0 Å². The fourth-order valence-electron chi connectivity index (χ4n) is 1.69. The molecule has 0 aliphatic rings. The Hall–Kier alpha value is -2.14. The first-order valence-corrected chi connectivity index (χ1v) is 6.60. The summed E-state index contributed by atoms with van der Waals surface area (Å²) in [6, 6.07) is 9.59. The molecule has 0 unspecified atom stereocenters. The van der Waals surface area contributed by atoms with Crippen molar-refractivity contribution in [2.24, 2.45) is 0 Å². The van der Waals surface area contributed by atoms with Gasteiger partial charge in [0.05, 0.1) is 0 Å². The molecule has 0 spiro atoms. The van der Waals surface area contributed by atoms with Crippen molar-refractivity contribution in [2.75, 3.05) is 19.0 Å². The molecule has 1 heterocycles. The fourth-order valence-corrected chi connectivity index (χ4v) is 1.69. The molecule has 0 amide bonds. The zero-order valence-electron chi connectivity index (χ0n) is 12.0. The highest BCUT2D eigenvalue weighted by Crippen LogP contribution is 2.24. The van der Waals surface area contributed by atoms with E-state index in [0.29, 0.717) is 30.7 Å². The molecule has 5 heteroatoms. The highest BCUT2D eigenvalue weighted by atomic mass is 16.5.